The van der Waals surface area contributed by atoms with Crippen LogP contribution in [0.2, 0.25) is 0 Å². The van der Waals surface area contributed by atoms with Crippen LogP contribution in [0.25, 0.3) is 0 Å². The third-order valence-corrected chi connectivity index (χ3v) is 7.19. The summed E-state index contributed by atoms with van der Waals surface area (Å²) in [5.41, 5.74) is 0. The maximum Gasteiger partial charge on any atom is 0.472 e. The van der Waals surface area contributed by atoms with E-state index >= 15 is 0 Å². The molecule has 12 nitrogen and oxygen atoms in total. The van der Waals surface area contributed by atoms with Crippen LogP contribution in [0.1, 0.15) is 130 Å². The number of unbranched alkanes of at least 4 members (excludes halogenated alkanes) is 8. The average molecular weight is 639 g/mol. The van der Waals surface area contributed by atoms with Gasteiger partial charge in [-0.2, -0.15) is 0 Å². The monoisotopic (exact) mass is 638 g/mol. The van der Waals surface area contributed by atoms with Gasteiger partial charge >= 0.3 is 31.7 Å². The molecule has 0 aromatic carbocycles. The first-order valence-electron chi connectivity index (χ1n) is 15.9. The number of hydrogen-bond acceptors (Lipinski definition) is 11. The van der Waals surface area contributed by atoms with Crippen LogP contribution in [0.15, 0.2) is 0 Å². The fourth-order valence-electron chi connectivity index (χ4n) is 3.71. The Morgan fingerprint density at radius 2 is 0.814 bits per heavy atom. The number of phosphoric acid groups is 1. The van der Waals surface area contributed by atoms with Crippen molar-refractivity contribution in [2.75, 3.05) is 26.4 Å². The summed E-state index contributed by atoms with van der Waals surface area (Å²) >= 11 is 0. The summed E-state index contributed by atoms with van der Waals surface area (Å²) < 4.78 is 43.8. The van der Waals surface area contributed by atoms with Crippen LogP contribution >= 0.6 is 7.82 Å². The SMILES string of the molecule is CCCCCC(=O)OCC(COP(=O)(O)OCC(COC(=O)CCCCC)OC(=O)CCCCC)OC(=O)CCCCC. The van der Waals surface area contributed by atoms with Crippen molar-refractivity contribution in [1.82, 2.24) is 0 Å². The van der Waals surface area contributed by atoms with E-state index in [0.29, 0.717) is 25.7 Å². The van der Waals surface area contributed by atoms with Crippen molar-refractivity contribution >= 4 is 31.7 Å². The molecule has 2 unspecified atom stereocenters. The average Bonchev–Trinajstić information content (AvgIpc) is 2.96. The zero-order valence-corrected chi connectivity index (χ0v) is 27.6. The first-order chi connectivity index (χ1) is 20.6. The second-order valence-corrected chi connectivity index (χ2v) is 11.9. The second-order valence-electron chi connectivity index (χ2n) is 10.5. The van der Waals surface area contributed by atoms with Crippen LogP contribution in [-0.2, 0) is 51.7 Å². The Bertz CT molecular complexity index is 757. The molecule has 0 bridgehead atoms. The van der Waals surface area contributed by atoms with Crippen molar-refractivity contribution in [2.24, 2.45) is 0 Å². The van der Waals surface area contributed by atoms with Gasteiger partial charge in [-0.05, 0) is 25.7 Å². The van der Waals surface area contributed by atoms with E-state index in [4.69, 9.17) is 28.0 Å². The first-order valence-corrected chi connectivity index (χ1v) is 17.4. The van der Waals surface area contributed by atoms with Crippen molar-refractivity contribution < 1.29 is 56.6 Å². The van der Waals surface area contributed by atoms with Crippen molar-refractivity contribution in [1.29, 1.82) is 0 Å². The van der Waals surface area contributed by atoms with Crippen LogP contribution in [0.4, 0.5) is 0 Å². The lowest BCUT2D eigenvalue weighted by atomic mass is 10.2. The van der Waals surface area contributed by atoms with Gasteiger partial charge in [0.1, 0.15) is 13.2 Å². The lowest BCUT2D eigenvalue weighted by Gasteiger charge is -2.22. The molecule has 0 rings (SSSR count). The van der Waals surface area contributed by atoms with Gasteiger partial charge in [-0.25, -0.2) is 4.57 Å². The van der Waals surface area contributed by atoms with E-state index in [1.807, 2.05) is 27.7 Å². The third-order valence-electron chi connectivity index (χ3n) is 6.24. The molecule has 0 aliphatic carbocycles. The van der Waals surface area contributed by atoms with E-state index in [1.54, 1.807) is 0 Å². The summed E-state index contributed by atoms with van der Waals surface area (Å²) in [6, 6.07) is 0. The molecular formula is C30H55O12P. The van der Waals surface area contributed by atoms with Gasteiger partial charge in [-0.15, -0.1) is 0 Å². The summed E-state index contributed by atoms with van der Waals surface area (Å²) in [6.07, 6.45) is 8.06. The number of phosphoric ester groups is 1. The zero-order valence-electron chi connectivity index (χ0n) is 26.7. The van der Waals surface area contributed by atoms with Crippen LogP contribution < -0.4 is 0 Å². The van der Waals surface area contributed by atoms with Crippen molar-refractivity contribution in [3.63, 3.8) is 0 Å². The number of hydrogen-bond donors (Lipinski definition) is 1. The van der Waals surface area contributed by atoms with Crippen molar-refractivity contribution in [2.45, 2.75) is 143 Å². The van der Waals surface area contributed by atoms with E-state index in [2.05, 4.69) is 0 Å². The highest BCUT2D eigenvalue weighted by molar-refractivity contribution is 7.47. The van der Waals surface area contributed by atoms with E-state index < -0.39 is 57.1 Å². The maximum absolute atomic E-state index is 12.7. The molecule has 2 atom stereocenters. The Morgan fingerprint density at radius 1 is 0.512 bits per heavy atom. The highest BCUT2D eigenvalue weighted by Crippen LogP contribution is 2.43. The smallest absolute Gasteiger partial charge is 0.462 e. The number of esters is 4. The molecule has 0 aliphatic rings. The highest BCUT2D eigenvalue weighted by Gasteiger charge is 2.29. The Kier molecular flexibility index (Phi) is 25.2. The molecule has 43 heavy (non-hydrogen) atoms. The predicted octanol–water partition coefficient (Wildman–Crippen LogP) is 6.35. The van der Waals surface area contributed by atoms with Crippen LogP contribution in [-0.4, -0.2) is 67.4 Å². The Morgan fingerprint density at radius 3 is 1.12 bits per heavy atom. The van der Waals surface area contributed by atoms with Gasteiger partial charge in [0, 0.05) is 25.7 Å². The number of rotatable bonds is 28. The molecule has 0 spiro atoms. The molecule has 0 amide bonds. The molecule has 0 aromatic rings. The van der Waals surface area contributed by atoms with E-state index in [9.17, 15) is 28.6 Å². The quantitative estimate of drug-likeness (QED) is 0.0438. The summed E-state index contributed by atoms with van der Waals surface area (Å²) in [4.78, 5) is 58.9. The van der Waals surface area contributed by atoms with Gasteiger partial charge in [-0.3, -0.25) is 28.2 Å². The van der Waals surface area contributed by atoms with E-state index in [-0.39, 0.29) is 38.9 Å². The first kappa shape index (κ1) is 41.0. The van der Waals surface area contributed by atoms with E-state index in [1.165, 1.54) is 0 Å². The molecular weight excluding hydrogens is 583 g/mol. The predicted molar refractivity (Wildman–Crippen MR) is 160 cm³/mol. The lowest BCUT2D eigenvalue weighted by molar-refractivity contribution is -0.162. The number of carbonyl (C=O) groups is 4. The molecule has 0 radical (unpaired) electrons. The minimum absolute atomic E-state index is 0.143. The Balaban J connectivity index is 5.14. The van der Waals surface area contributed by atoms with Gasteiger partial charge in [0.25, 0.3) is 0 Å². The van der Waals surface area contributed by atoms with Gasteiger partial charge in [0.15, 0.2) is 12.2 Å². The number of ether oxygens (including phenoxy) is 4. The summed E-state index contributed by atoms with van der Waals surface area (Å²) in [5.74, 6) is -2.05. The van der Waals surface area contributed by atoms with Gasteiger partial charge in [-0.1, -0.05) is 79.1 Å². The van der Waals surface area contributed by atoms with Crippen molar-refractivity contribution in [3.8, 4) is 0 Å². The zero-order chi connectivity index (χ0) is 32.3. The summed E-state index contributed by atoms with van der Waals surface area (Å²) in [7, 11) is -4.74. The topological polar surface area (TPSA) is 161 Å². The number of carbonyl (C=O) groups excluding carboxylic acids is 4. The molecule has 0 heterocycles. The standard InChI is InChI=1S/C30H55O12P/c1-5-9-13-17-27(31)37-21-25(41-29(33)19-15-11-7-3)23-39-43(35,36)40-24-26(42-30(34)20-16-12-8-4)22-38-28(32)18-14-10-6-2/h25-26H,5-24H2,1-4H3,(H,35,36). The Labute approximate surface area is 257 Å². The Hall–Kier alpha value is -2.01. The molecule has 13 heteroatoms. The minimum atomic E-state index is -4.74. The largest absolute Gasteiger partial charge is 0.472 e. The molecule has 1 N–H and O–H groups in total. The van der Waals surface area contributed by atoms with Crippen LogP contribution in [0.3, 0.4) is 0 Å². The van der Waals surface area contributed by atoms with Gasteiger partial charge in [0.2, 0.25) is 0 Å². The molecule has 0 saturated heterocycles. The fourth-order valence-corrected chi connectivity index (χ4v) is 4.49. The van der Waals surface area contributed by atoms with Crippen molar-refractivity contribution in [3.05, 3.63) is 0 Å². The normalized spacial score (nSPS) is 13.9. The molecule has 252 valence electrons. The van der Waals surface area contributed by atoms with Gasteiger partial charge < -0.3 is 23.8 Å². The molecule has 0 saturated carbocycles. The second kappa shape index (κ2) is 26.4. The fraction of sp³-hybridized carbons (Fsp3) is 0.867. The van der Waals surface area contributed by atoms with Crippen LogP contribution in [0, 0.1) is 0 Å². The summed E-state index contributed by atoms with van der Waals surface area (Å²) in [6.45, 7) is 6.14. The molecule has 0 aliphatic heterocycles. The van der Waals surface area contributed by atoms with Crippen LogP contribution in [0.5, 0.6) is 0 Å². The molecule has 0 aromatic heterocycles. The minimum Gasteiger partial charge on any atom is -0.462 e. The molecule has 0 fully saturated rings. The van der Waals surface area contributed by atoms with Gasteiger partial charge in [0.05, 0.1) is 13.2 Å². The lowest BCUT2D eigenvalue weighted by Crippen LogP contribution is -2.31. The summed E-state index contributed by atoms with van der Waals surface area (Å²) in [5, 5.41) is 0. The van der Waals surface area contributed by atoms with E-state index in [0.717, 1.165) is 51.4 Å². The highest BCUT2D eigenvalue weighted by atomic mass is 31.2. The maximum atomic E-state index is 12.7. The third kappa shape index (κ3) is 25.1.